The number of carbonyl (C=O) groups is 1. The molecule has 130 valence electrons. The SMILES string of the molecule is O=C(C1COc2ccccc2C1)N1CCC(N2CCSCC2)CC1. The van der Waals surface area contributed by atoms with Crippen molar-refractivity contribution in [3.63, 3.8) is 0 Å². The molecule has 0 aliphatic carbocycles. The van der Waals surface area contributed by atoms with Gasteiger partial charge in [0, 0.05) is 43.7 Å². The van der Waals surface area contributed by atoms with E-state index in [4.69, 9.17) is 4.74 Å². The van der Waals surface area contributed by atoms with Crippen LogP contribution in [0.1, 0.15) is 18.4 Å². The van der Waals surface area contributed by atoms with Crippen molar-refractivity contribution in [1.29, 1.82) is 0 Å². The van der Waals surface area contributed by atoms with E-state index in [9.17, 15) is 4.79 Å². The lowest BCUT2D eigenvalue weighted by Crippen LogP contribution is -2.51. The van der Waals surface area contributed by atoms with Crippen molar-refractivity contribution in [2.75, 3.05) is 44.3 Å². The summed E-state index contributed by atoms with van der Waals surface area (Å²) < 4.78 is 5.81. The Morgan fingerprint density at radius 3 is 2.62 bits per heavy atom. The molecule has 1 aromatic carbocycles. The minimum atomic E-state index is -0.0113. The van der Waals surface area contributed by atoms with Crippen molar-refractivity contribution in [3.05, 3.63) is 29.8 Å². The van der Waals surface area contributed by atoms with Gasteiger partial charge >= 0.3 is 0 Å². The summed E-state index contributed by atoms with van der Waals surface area (Å²) >= 11 is 2.06. The summed E-state index contributed by atoms with van der Waals surface area (Å²) in [5.74, 6) is 3.75. The molecule has 0 aromatic heterocycles. The van der Waals surface area contributed by atoms with E-state index in [1.165, 1.54) is 30.2 Å². The number of para-hydroxylation sites is 1. The lowest BCUT2D eigenvalue weighted by Gasteiger charge is -2.41. The summed E-state index contributed by atoms with van der Waals surface area (Å²) in [6.07, 6.45) is 3.07. The average Bonchev–Trinajstić information content (AvgIpc) is 2.68. The number of thioether (sulfide) groups is 1. The predicted molar refractivity (Wildman–Crippen MR) is 97.6 cm³/mol. The van der Waals surface area contributed by atoms with Gasteiger partial charge in [-0.1, -0.05) is 18.2 Å². The van der Waals surface area contributed by atoms with Gasteiger partial charge in [0.15, 0.2) is 0 Å². The highest BCUT2D eigenvalue weighted by Gasteiger charge is 2.33. The first-order chi connectivity index (χ1) is 11.8. The number of carbonyl (C=O) groups excluding carboxylic acids is 1. The van der Waals surface area contributed by atoms with Gasteiger partial charge < -0.3 is 9.64 Å². The fraction of sp³-hybridized carbons (Fsp3) is 0.632. The number of rotatable bonds is 2. The molecular weight excluding hydrogens is 320 g/mol. The maximum Gasteiger partial charge on any atom is 0.229 e. The number of likely N-dealkylation sites (tertiary alicyclic amines) is 1. The first kappa shape index (κ1) is 16.3. The normalized spacial score (nSPS) is 25.8. The number of piperidine rings is 1. The highest BCUT2D eigenvalue weighted by Crippen LogP contribution is 2.29. The first-order valence-electron chi connectivity index (χ1n) is 9.12. The van der Waals surface area contributed by atoms with Gasteiger partial charge in [-0.2, -0.15) is 11.8 Å². The lowest BCUT2D eigenvalue weighted by molar-refractivity contribution is -0.138. The molecule has 4 nitrogen and oxygen atoms in total. The topological polar surface area (TPSA) is 32.8 Å². The number of ether oxygens (including phenoxy) is 1. The summed E-state index contributed by atoms with van der Waals surface area (Å²) in [5.41, 5.74) is 1.17. The maximum absolute atomic E-state index is 12.9. The largest absolute Gasteiger partial charge is 0.492 e. The van der Waals surface area contributed by atoms with Gasteiger partial charge in [0.05, 0.1) is 5.92 Å². The number of fused-ring (bicyclic) bond motifs is 1. The molecule has 0 spiro atoms. The van der Waals surface area contributed by atoms with Gasteiger partial charge in [-0.3, -0.25) is 9.69 Å². The first-order valence-corrected chi connectivity index (χ1v) is 10.3. The van der Waals surface area contributed by atoms with Gasteiger partial charge in [-0.15, -0.1) is 0 Å². The van der Waals surface area contributed by atoms with Gasteiger partial charge in [0.1, 0.15) is 12.4 Å². The molecule has 0 radical (unpaired) electrons. The molecule has 0 bridgehead atoms. The van der Waals surface area contributed by atoms with Crippen molar-refractivity contribution in [2.24, 2.45) is 5.92 Å². The molecule has 3 aliphatic heterocycles. The van der Waals surface area contributed by atoms with Crippen LogP contribution >= 0.6 is 11.8 Å². The van der Waals surface area contributed by atoms with Crippen LogP contribution in [0.15, 0.2) is 24.3 Å². The molecular formula is C19H26N2O2S. The van der Waals surface area contributed by atoms with E-state index in [-0.39, 0.29) is 11.8 Å². The molecule has 2 saturated heterocycles. The van der Waals surface area contributed by atoms with Gasteiger partial charge in [0.2, 0.25) is 5.91 Å². The number of amides is 1. The van der Waals surface area contributed by atoms with Crippen LogP contribution < -0.4 is 4.74 Å². The monoisotopic (exact) mass is 346 g/mol. The summed E-state index contributed by atoms with van der Waals surface area (Å²) in [6.45, 7) is 4.78. The highest BCUT2D eigenvalue weighted by molar-refractivity contribution is 7.99. The van der Waals surface area contributed by atoms with Crippen molar-refractivity contribution >= 4 is 17.7 Å². The Balaban J connectivity index is 1.32. The minimum absolute atomic E-state index is 0.0113. The zero-order chi connectivity index (χ0) is 16.4. The molecule has 24 heavy (non-hydrogen) atoms. The Kier molecular flexibility index (Phi) is 4.99. The molecule has 0 saturated carbocycles. The van der Waals surface area contributed by atoms with E-state index in [0.29, 0.717) is 12.6 Å². The maximum atomic E-state index is 12.9. The molecule has 1 atom stereocenters. The quantitative estimate of drug-likeness (QED) is 0.822. The van der Waals surface area contributed by atoms with Crippen LogP contribution in [0.2, 0.25) is 0 Å². The van der Waals surface area contributed by atoms with E-state index in [1.807, 2.05) is 18.2 Å². The third kappa shape index (κ3) is 3.42. The van der Waals surface area contributed by atoms with Crippen LogP contribution in [0.3, 0.4) is 0 Å². The fourth-order valence-corrected chi connectivity index (χ4v) is 5.07. The third-order valence-corrected chi connectivity index (χ3v) is 6.51. The molecule has 1 amide bonds. The Morgan fingerprint density at radius 2 is 1.83 bits per heavy atom. The Morgan fingerprint density at radius 1 is 1.08 bits per heavy atom. The van der Waals surface area contributed by atoms with E-state index in [0.717, 1.165) is 38.1 Å². The predicted octanol–water partition coefficient (Wildman–Crippen LogP) is 2.28. The number of hydrogen-bond donors (Lipinski definition) is 0. The van der Waals surface area contributed by atoms with Crippen LogP contribution in [0.5, 0.6) is 5.75 Å². The summed E-state index contributed by atoms with van der Waals surface area (Å²) in [5, 5.41) is 0. The van der Waals surface area contributed by atoms with Crippen LogP contribution in [0, 0.1) is 5.92 Å². The zero-order valence-corrected chi connectivity index (χ0v) is 15.0. The zero-order valence-electron chi connectivity index (χ0n) is 14.2. The number of nitrogens with zero attached hydrogens (tertiary/aromatic N) is 2. The van der Waals surface area contributed by atoms with Crippen molar-refractivity contribution in [2.45, 2.75) is 25.3 Å². The highest BCUT2D eigenvalue weighted by atomic mass is 32.2. The van der Waals surface area contributed by atoms with Crippen LogP contribution in [0.4, 0.5) is 0 Å². The molecule has 1 aromatic rings. The van der Waals surface area contributed by atoms with E-state index in [1.54, 1.807) is 0 Å². The Bertz CT molecular complexity index is 580. The second kappa shape index (κ2) is 7.36. The summed E-state index contributed by atoms with van der Waals surface area (Å²) in [4.78, 5) is 17.6. The molecule has 5 heteroatoms. The van der Waals surface area contributed by atoms with Crippen molar-refractivity contribution in [3.8, 4) is 5.75 Å². The van der Waals surface area contributed by atoms with Crippen LogP contribution in [-0.2, 0) is 11.2 Å². The third-order valence-electron chi connectivity index (χ3n) is 5.57. The lowest BCUT2D eigenvalue weighted by atomic mass is 9.94. The van der Waals surface area contributed by atoms with E-state index in [2.05, 4.69) is 27.6 Å². The Labute approximate surface area is 148 Å². The number of benzene rings is 1. The van der Waals surface area contributed by atoms with Crippen LogP contribution in [0.25, 0.3) is 0 Å². The molecule has 0 N–H and O–H groups in total. The second-order valence-electron chi connectivity index (χ2n) is 7.02. The second-order valence-corrected chi connectivity index (χ2v) is 8.25. The molecule has 2 fully saturated rings. The van der Waals surface area contributed by atoms with Gasteiger partial charge in [-0.05, 0) is 30.9 Å². The summed E-state index contributed by atoms with van der Waals surface area (Å²) in [7, 11) is 0. The van der Waals surface area contributed by atoms with Crippen molar-refractivity contribution in [1.82, 2.24) is 9.80 Å². The molecule has 1 unspecified atom stereocenters. The molecule has 3 heterocycles. The Hall–Kier alpha value is -1.20. The minimum Gasteiger partial charge on any atom is -0.492 e. The van der Waals surface area contributed by atoms with Crippen molar-refractivity contribution < 1.29 is 9.53 Å². The van der Waals surface area contributed by atoms with E-state index < -0.39 is 0 Å². The summed E-state index contributed by atoms with van der Waals surface area (Å²) in [6, 6.07) is 8.77. The average molecular weight is 346 g/mol. The fourth-order valence-electron chi connectivity index (χ4n) is 4.14. The standard InChI is InChI=1S/C19H26N2O2S/c22-19(16-13-15-3-1-2-4-18(15)23-14-16)21-7-5-17(6-8-21)20-9-11-24-12-10-20/h1-4,16-17H,5-14H2. The smallest absolute Gasteiger partial charge is 0.229 e. The van der Waals surface area contributed by atoms with Gasteiger partial charge in [-0.25, -0.2) is 0 Å². The molecule has 3 aliphatic rings. The molecule has 4 rings (SSSR count). The van der Waals surface area contributed by atoms with Crippen LogP contribution in [-0.4, -0.2) is 66.0 Å². The van der Waals surface area contributed by atoms with Gasteiger partial charge in [0.25, 0.3) is 0 Å². The number of hydrogen-bond acceptors (Lipinski definition) is 4. The van der Waals surface area contributed by atoms with E-state index >= 15 is 0 Å².